The fourth-order valence-corrected chi connectivity index (χ4v) is 3.22. The first-order valence-corrected chi connectivity index (χ1v) is 9.16. The molecule has 140 valence electrons. The SMILES string of the molecule is CCCOc1ccc(C2C(C(=O)CC)=C(O)C(=O)N2c2ccccc2)cc1. The van der Waals surface area contributed by atoms with E-state index in [1.807, 2.05) is 49.4 Å². The van der Waals surface area contributed by atoms with Gasteiger partial charge in [0.25, 0.3) is 5.91 Å². The Hall–Kier alpha value is -3.08. The van der Waals surface area contributed by atoms with Crippen molar-refractivity contribution in [1.82, 2.24) is 0 Å². The van der Waals surface area contributed by atoms with Gasteiger partial charge in [-0.2, -0.15) is 0 Å². The number of nitrogens with zero attached hydrogens (tertiary/aromatic N) is 1. The van der Waals surface area contributed by atoms with E-state index in [1.165, 1.54) is 4.90 Å². The third-order valence-electron chi connectivity index (χ3n) is 4.53. The van der Waals surface area contributed by atoms with Crippen LogP contribution in [0.3, 0.4) is 0 Å². The van der Waals surface area contributed by atoms with Crippen LogP contribution in [0, 0.1) is 0 Å². The molecule has 0 saturated heterocycles. The molecule has 0 bridgehead atoms. The summed E-state index contributed by atoms with van der Waals surface area (Å²) in [6.45, 7) is 4.38. The lowest BCUT2D eigenvalue weighted by Crippen LogP contribution is -2.30. The maximum Gasteiger partial charge on any atom is 0.294 e. The molecule has 5 heteroatoms. The average Bonchev–Trinajstić information content (AvgIpc) is 2.98. The zero-order chi connectivity index (χ0) is 19.4. The van der Waals surface area contributed by atoms with Crippen LogP contribution in [0.25, 0.3) is 0 Å². The number of hydrogen-bond donors (Lipinski definition) is 1. The minimum atomic E-state index is -0.660. The number of para-hydroxylation sites is 1. The van der Waals surface area contributed by atoms with Gasteiger partial charge < -0.3 is 9.84 Å². The molecule has 1 aliphatic heterocycles. The van der Waals surface area contributed by atoms with E-state index in [2.05, 4.69) is 0 Å². The van der Waals surface area contributed by atoms with Crippen LogP contribution in [0.15, 0.2) is 65.9 Å². The Morgan fingerprint density at radius 3 is 2.33 bits per heavy atom. The first-order chi connectivity index (χ1) is 13.1. The summed E-state index contributed by atoms with van der Waals surface area (Å²) in [4.78, 5) is 26.8. The maximum atomic E-state index is 12.8. The van der Waals surface area contributed by atoms with Gasteiger partial charge in [-0.25, -0.2) is 0 Å². The molecule has 0 aromatic heterocycles. The van der Waals surface area contributed by atoms with Gasteiger partial charge in [0.05, 0.1) is 18.2 Å². The normalized spacial score (nSPS) is 16.7. The van der Waals surface area contributed by atoms with Gasteiger partial charge in [-0.15, -0.1) is 0 Å². The van der Waals surface area contributed by atoms with Gasteiger partial charge >= 0.3 is 0 Å². The second kappa shape index (κ2) is 8.08. The zero-order valence-electron chi connectivity index (χ0n) is 15.5. The Morgan fingerprint density at radius 1 is 1.07 bits per heavy atom. The van der Waals surface area contributed by atoms with E-state index < -0.39 is 17.7 Å². The van der Waals surface area contributed by atoms with Crippen LogP contribution < -0.4 is 9.64 Å². The lowest BCUT2D eigenvalue weighted by atomic mass is 9.95. The Kier molecular flexibility index (Phi) is 5.60. The molecule has 0 aliphatic carbocycles. The molecule has 1 N–H and O–H groups in total. The molecule has 1 atom stereocenters. The second-order valence-electron chi connectivity index (χ2n) is 6.37. The number of carbonyl (C=O) groups excluding carboxylic acids is 2. The molecule has 1 amide bonds. The number of aliphatic hydroxyl groups excluding tert-OH is 1. The molecule has 27 heavy (non-hydrogen) atoms. The van der Waals surface area contributed by atoms with Crippen molar-refractivity contribution >= 4 is 17.4 Å². The standard InChI is InChI=1S/C22H23NO4/c1-3-14-27-17-12-10-15(11-13-17)20-19(18(24)4-2)21(25)22(26)23(20)16-8-6-5-7-9-16/h5-13,20,25H,3-4,14H2,1-2H3. The fraction of sp³-hybridized carbons (Fsp3) is 0.273. The number of ether oxygens (including phenoxy) is 1. The van der Waals surface area contributed by atoms with Crippen molar-refractivity contribution in [2.75, 3.05) is 11.5 Å². The van der Waals surface area contributed by atoms with E-state index >= 15 is 0 Å². The summed E-state index contributed by atoms with van der Waals surface area (Å²) in [5.74, 6) is -0.542. The molecule has 2 aromatic rings. The summed E-state index contributed by atoms with van der Waals surface area (Å²) in [5.41, 5.74) is 1.52. The van der Waals surface area contributed by atoms with E-state index in [1.54, 1.807) is 19.1 Å². The largest absolute Gasteiger partial charge is 0.503 e. The van der Waals surface area contributed by atoms with E-state index in [-0.39, 0.29) is 17.8 Å². The minimum absolute atomic E-state index is 0.147. The molecule has 0 spiro atoms. The van der Waals surface area contributed by atoms with Crippen LogP contribution in [0.5, 0.6) is 5.75 Å². The molecule has 1 unspecified atom stereocenters. The van der Waals surface area contributed by atoms with Crippen LogP contribution in [0.1, 0.15) is 38.3 Å². The quantitative estimate of drug-likeness (QED) is 0.792. The number of ketones is 1. The molecule has 1 aliphatic rings. The first kappa shape index (κ1) is 18.7. The van der Waals surface area contributed by atoms with Gasteiger partial charge in [-0.3, -0.25) is 14.5 Å². The molecule has 2 aromatic carbocycles. The highest BCUT2D eigenvalue weighted by Gasteiger charge is 2.43. The number of benzene rings is 2. The molecule has 3 rings (SSSR count). The lowest BCUT2D eigenvalue weighted by molar-refractivity contribution is -0.118. The number of Topliss-reactive ketones (excluding diaryl/α,β-unsaturated/α-hetero) is 1. The molecule has 5 nitrogen and oxygen atoms in total. The van der Waals surface area contributed by atoms with Crippen molar-refractivity contribution in [3.63, 3.8) is 0 Å². The number of carbonyl (C=O) groups is 2. The van der Waals surface area contributed by atoms with E-state index in [4.69, 9.17) is 4.74 Å². The predicted octanol–water partition coefficient (Wildman–Crippen LogP) is 4.35. The third-order valence-corrected chi connectivity index (χ3v) is 4.53. The number of aliphatic hydroxyl groups is 1. The van der Waals surface area contributed by atoms with Crippen LogP contribution in [0.4, 0.5) is 5.69 Å². The topological polar surface area (TPSA) is 66.8 Å². The minimum Gasteiger partial charge on any atom is -0.503 e. The van der Waals surface area contributed by atoms with E-state index in [0.29, 0.717) is 12.3 Å². The number of anilines is 1. The molecule has 0 fully saturated rings. The van der Waals surface area contributed by atoms with Gasteiger partial charge in [0.15, 0.2) is 11.5 Å². The average molecular weight is 365 g/mol. The number of amides is 1. The molecule has 0 radical (unpaired) electrons. The summed E-state index contributed by atoms with van der Waals surface area (Å²) in [6, 6.07) is 15.7. The van der Waals surface area contributed by atoms with Crippen molar-refractivity contribution < 1.29 is 19.4 Å². The van der Waals surface area contributed by atoms with Crippen molar-refractivity contribution in [3.8, 4) is 5.75 Å². The summed E-state index contributed by atoms with van der Waals surface area (Å²) in [6.07, 6.45) is 1.12. The van der Waals surface area contributed by atoms with Gasteiger partial charge in [-0.1, -0.05) is 44.2 Å². The smallest absolute Gasteiger partial charge is 0.294 e. The van der Waals surface area contributed by atoms with Gasteiger partial charge in [0.1, 0.15) is 5.75 Å². The van der Waals surface area contributed by atoms with Crippen LogP contribution in [-0.2, 0) is 9.59 Å². The van der Waals surface area contributed by atoms with Crippen molar-refractivity contribution in [3.05, 3.63) is 71.5 Å². The van der Waals surface area contributed by atoms with E-state index in [9.17, 15) is 14.7 Å². The maximum absolute atomic E-state index is 12.8. The van der Waals surface area contributed by atoms with Crippen LogP contribution in [-0.4, -0.2) is 23.4 Å². The Labute approximate surface area is 158 Å². The third kappa shape index (κ3) is 3.58. The van der Waals surface area contributed by atoms with Crippen molar-refractivity contribution in [2.24, 2.45) is 0 Å². The number of hydrogen-bond acceptors (Lipinski definition) is 4. The molecule has 1 heterocycles. The van der Waals surface area contributed by atoms with Crippen LogP contribution >= 0.6 is 0 Å². The van der Waals surface area contributed by atoms with Gasteiger partial charge in [0.2, 0.25) is 0 Å². The van der Waals surface area contributed by atoms with Gasteiger partial charge in [-0.05, 0) is 36.2 Å². The first-order valence-electron chi connectivity index (χ1n) is 9.16. The highest BCUT2D eigenvalue weighted by molar-refractivity contribution is 6.16. The Balaban J connectivity index is 2.05. The summed E-state index contributed by atoms with van der Waals surface area (Å²) < 4.78 is 5.61. The second-order valence-corrected chi connectivity index (χ2v) is 6.37. The summed E-state index contributed by atoms with van der Waals surface area (Å²) >= 11 is 0. The van der Waals surface area contributed by atoms with Gasteiger partial charge in [0, 0.05) is 12.1 Å². The zero-order valence-corrected chi connectivity index (χ0v) is 15.5. The van der Waals surface area contributed by atoms with Crippen LogP contribution in [0.2, 0.25) is 0 Å². The highest BCUT2D eigenvalue weighted by atomic mass is 16.5. The fourth-order valence-electron chi connectivity index (χ4n) is 3.22. The lowest BCUT2D eigenvalue weighted by Gasteiger charge is -2.27. The highest BCUT2D eigenvalue weighted by Crippen LogP contribution is 2.41. The Morgan fingerprint density at radius 2 is 1.74 bits per heavy atom. The van der Waals surface area contributed by atoms with E-state index in [0.717, 1.165) is 17.7 Å². The van der Waals surface area contributed by atoms with Crippen molar-refractivity contribution in [1.29, 1.82) is 0 Å². The number of rotatable bonds is 7. The Bertz CT molecular complexity index is 856. The summed E-state index contributed by atoms with van der Waals surface area (Å²) in [5, 5.41) is 10.4. The monoisotopic (exact) mass is 365 g/mol. The molecular formula is C22H23NO4. The molecular weight excluding hydrogens is 342 g/mol. The molecule has 0 saturated carbocycles. The van der Waals surface area contributed by atoms with Crippen molar-refractivity contribution in [2.45, 2.75) is 32.7 Å². The predicted molar refractivity (Wildman–Crippen MR) is 104 cm³/mol. The summed E-state index contributed by atoms with van der Waals surface area (Å²) in [7, 11) is 0.